The fraction of sp³-hybridized carbons (Fsp3) is 0.200. The maximum Gasteiger partial charge on any atom is 0.244 e. The Morgan fingerprint density at radius 1 is 1.08 bits per heavy atom. The molecule has 5 heteroatoms. The molecule has 25 heavy (non-hydrogen) atoms. The number of carbonyl (C=O) groups excluding carboxylic acids is 2. The zero-order chi connectivity index (χ0) is 18.1. The molecule has 1 atom stereocenters. The van der Waals surface area contributed by atoms with Gasteiger partial charge in [0.25, 0.3) is 0 Å². The normalized spacial score (nSPS) is 11.8. The Balaban J connectivity index is 1.83. The highest BCUT2D eigenvalue weighted by molar-refractivity contribution is 5.95. The summed E-state index contributed by atoms with van der Waals surface area (Å²) < 4.78 is 5.25. The van der Waals surface area contributed by atoms with Gasteiger partial charge in [-0.05, 0) is 24.6 Å². The van der Waals surface area contributed by atoms with Crippen LogP contribution in [0.4, 0.5) is 0 Å². The summed E-state index contributed by atoms with van der Waals surface area (Å²) in [5.41, 5.74) is 1.80. The van der Waals surface area contributed by atoms with E-state index in [0.717, 1.165) is 11.1 Å². The average Bonchev–Trinajstić information content (AvgIpc) is 2.65. The molecule has 0 saturated carbocycles. The van der Waals surface area contributed by atoms with Crippen molar-refractivity contribution in [3.8, 4) is 5.75 Å². The Hall–Kier alpha value is -3.08. The van der Waals surface area contributed by atoms with E-state index >= 15 is 0 Å². The molecule has 0 aliphatic rings. The highest BCUT2D eigenvalue weighted by atomic mass is 16.5. The number of carbonyl (C=O) groups is 2. The van der Waals surface area contributed by atoms with Gasteiger partial charge in [-0.2, -0.15) is 0 Å². The van der Waals surface area contributed by atoms with Crippen LogP contribution in [0.2, 0.25) is 0 Å². The number of methoxy groups -OCH3 is 1. The predicted octanol–water partition coefficient (Wildman–Crippen LogP) is 2.53. The summed E-state index contributed by atoms with van der Waals surface area (Å²) in [6, 6.07) is 16.3. The summed E-state index contributed by atoms with van der Waals surface area (Å²) in [5.74, 6) is 0.140. The van der Waals surface area contributed by atoms with E-state index < -0.39 is 6.04 Å². The van der Waals surface area contributed by atoms with Crippen LogP contribution in [0.3, 0.4) is 0 Å². The fourth-order valence-corrected chi connectivity index (χ4v) is 2.25. The average molecular weight is 338 g/mol. The van der Waals surface area contributed by atoms with Crippen molar-refractivity contribution in [2.24, 2.45) is 0 Å². The molecule has 0 heterocycles. The lowest BCUT2D eigenvalue weighted by Gasteiger charge is -2.14. The number of amides is 2. The lowest BCUT2D eigenvalue weighted by molar-refractivity contribution is -0.126. The molecule has 0 aliphatic heterocycles. The molecule has 0 aromatic heterocycles. The van der Waals surface area contributed by atoms with Crippen LogP contribution in [-0.4, -0.2) is 25.0 Å². The number of para-hydroxylation sites is 1. The second kappa shape index (κ2) is 9.27. The van der Waals surface area contributed by atoms with Crippen molar-refractivity contribution in [3.63, 3.8) is 0 Å². The van der Waals surface area contributed by atoms with E-state index in [2.05, 4.69) is 10.6 Å². The van der Waals surface area contributed by atoms with E-state index in [0.29, 0.717) is 12.3 Å². The Kier molecular flexibility index (Phi) is 6.77. The minimum atomic E-state index is -0.636. The van der Waals surface area contributed by atoms with Gasteiger partial charge in [0, 0.05) is 18.2 Å². The van der Waals surface area contributed by atoms with Gasteiger partial charge in [-0.1, -0.05) is 48.5 Å². The first-order valence-electron chi connectivity index (χ1n) is 8.03. The molecular weight excluding hydrogens is 316 g/mol. The highest BCUT2D eigenvalue weighted by Crippen LogP contribution is 2.16. The van der Waals surface area contributed by atoms with Crippen LogP contribution >= 0.6 is 0 Å². The third-order valence-electron chi connectivity index (χ3n) is 3.62. The molecule has 2 N–H and O–H groups in total. The third kappa shape index (κ3) is 5.80. The largest absolute Gasteiger partial charge is 0.496 e. The number of hydrogen-bond donors (Lipinski definition) is 2. The Morgan fingerprint density at radius 2 is 1.76 bits per heavy atom. The van der Waals surface area contributed by atoms with E-state index in [9.17, 15) is 9.59 Å². The molecule has 0 saturated heterocycles. The standard InChI is InChI=1S/C20H22N2O3/c1-15(22-19(23)13-12-16-8-4-3-5-9-16)20(24)21-14-17-10-6-7-11-18(17)25-2/h3-13,15H,14H2,1-2H3,(H,21,24)(H,22,23)/b13-12+. The van der Waals surface area contributed by atoms with Gasteiger partial charge in [-0.25, -0.2) is 0 Å². The molecule has 0 bridgehead atoms. The van der Waals surface area contributed by atoms with Crippen LogP contribution in [-0.2, 0) is 16.1 Å². The van der Waals surface area contributed by atoms with Crippen LogP contribution in [0.5, 0.6) is 5.75 Å². The van der Waals surface area contributed by atoms with Crippen LogP contribution in [0.1, 0.15) is 18.1 Å². The number of nitrogens with one attached hydrogen (secondary N) is 2. The van der Waals surface area contributed by atoms with Gasteiger partial charge in [-0.15, -0.1) is 0 Å². The molecule has 0 radical (unpaired) electrons. The minimum Gasteiger partial charge on any atom is -0.496 e. The first-order valence-corrected chi connectivity index (χ1v) is 8.03. The maximum absolute atomic E-state index is 12.1. The van der Waals surface area contributed by atoms with Crippen molar-refractivity contribution in [1.29, 1.82) is 0 Å². The summed E-state index contributed by atoms with van der Waals surface area (Å²) in [7, 11) is 1.59. The smallest absolute Gasteiger partial charge is 0.244 e. The topological polar surface area (TPSA) is 67.4 Å². The van der Waals surface area contributed by atoms with Crippen LogP contribution in [0.25, 0.3) is 6.08 Å². The molecule has 130 valence electrons. The molecular formula is C20H22N2O3. The minimum absolute atomic E-state index is 0.257. The lowest BCUT2D eigenvalue weighted by Crippen LogP contribution is -2.44. The third-order valence-corrected chi connectivity index (χ3v) is 3.62. The van der Waals surface area contributed by atoms with E-state index in [1.807, 2.05) is 54.6 Å². The van der Waals surface area contributed by atoms with Gasteiger partial charge in [0.1, 0.15) is 11.8 Å². The molecule has 5 nitrogen and oxygen atoms in total. The summed E-state index contributed by atoms with van der Waals surface area (Å²) in [6.45, 7) is 1.98. The van der Waals surface area contributed by atoms with Gasteiger partial charge in [0.2, 0.25) is 11.8 Å². The fourth-order valence-electron chi connectivity index (χ4n) is 2.25. The van der Waals surface area contributed by atoms with Crippen molar-refractivity contribution in [2.45, 2.75) is 19.5 Å². The molecule has 0 aliphatic carbocycles. The van der Waals surface area contributed by atoms with Gasteiger partial charge in [0.05, 0.1) is 7.11 Å². The van der Waals surface area contributed by atoms with E-state index in [1.165, 1.54) is 6.08 Å². The molecule has 2 amide bonds. The van der Waals surface area contributed by atoms with E-state index in [4.69, 9.17) is 4.74 Å². The molecule has 0 spiro atoms. The van der Waals surface area contributed by atoms with Crippen LogP contribution < -0.4 is 15.4 Å². The molecule has 2 aromatic carbocycles. The number of ether oxygens (including phenoxy) is 1. The lowest BCUT2D eigenvalue weighted by atomic mass is 10.2. The summed E-state index contributed by atoms with van der Waals surface area (Å²) in [4.78, 5) is 24.0. The van der Waals surface area contributed by atoms with Gasteiger partial charge in [-0.3, -0.25) is 9.59 Å². The molecule has 2 rings (SSSR count). The van der Waals surface area contributed by atoms with Crippen molar-refractivity contribution in [1.82, 2.24) is 10.6 Å². The Morgan fingerprint density at radius 3 is 2.48 bits per heavy atom. The van der Waals surface area contributed by atoms with Crippen molar-refractivity contribution in [2.75, 3.05) is 7.11 Å². The SMILES string of the molecule is COc1ccccc1CNC(=O)C(C)NC(=O)/C=C/c1ccccc1. The second-order valence-electron chi connectivity index (χ2n) is 5.50. The summed E-state index contributed by atoms with van der Waals surface area (Å²) in [5, 5.41) is 5.44. The van der Waals surface area contributed by atoms with Gasteiger partial charge >= 0.3 is 0 Å². The van der Waals surface area contributed by atoms with Crippen molar-refractivity contribution in [3.05, 3.63) is 71.8 Å². The summed E-state index contributed by atoms with van der Waals surface area (Å²) >= 11 is 0. The first-order chi connectivity index (χ1) is 12.1. The molecule has 0 fully saturated rings. The number of rotatable bonds is 7. The number of hydrogen-bond acceptors (Lipinski definition) is 3. The van der Waals surface area contributed by atoms with E-state index in [1.54, 1.807) is 20.1 Å². The van der Waals surface area contributed by atoms with Crippen LogP contribution in [0, 0.1) is 0 Å². The zero-order valence-electron chi connectivity index (χ0n) is 14.4. The zero-order valence-corrected chi connectivity index (χ0v) is 14.4. The maximum atomic E-state index is 12.1. The van der Waals surface area contributed by atoms with Crippen LogP contribution in [0.15, 0.2) is 60.7 Å². The molecule has 1 unspecified atom stereocenters. The highest BCUT2D eigenvalue weighted by Gasteiger charge is 2.14. The Labute approximate surface area is 147 Å². The van der Waals surface area contributed by atoms with Crippen molar-refractivity contribution >= 4 is 17.9 Å². The predicted molar refractivity (Wildman–Crippen MR) is 97.9 cm³/mol. The Bertz CT molecular complexity index is 742. The monoisotopic (exact) mass is 338 g/mol. The summed E-state index contributed by atoms with van der Waals surface area (Å²) in [6.07, 6.45) is 3.12. The number of benzene rings is 2. The first kappa shape index (κ1) is 18.3. The quantitative estimate of drug-likeness (QED) is 0.763. The van der Waals surface area contributed by atoms with Gasteiger partial charge in [0.15, 0.2) is 0 Å². The van der Waals surface area contributed by atoms with Crippen molar-refractivity contribution < 1.29 is 14.3 Å². The van der Waals surface area contributed by atoms with E-state index in [-0.39, 0.29) is 11.8 Å². The van der Waals surface area contributed by atoms with Gasteiger partial charge < -0.3 is 15.4 Å². The second-order valence-corrected chi connectivity index (χ2v) is 5.50. The molecule has 2 aromatic rings.